The van der Waals surface area contributed by atoms with E-state index in [-0.39, 0.29) is 24.1 Å². The number of carbonyl (C=O) groups excluding carboxylic acids is 1. The van der Waals surface area contributed by atoms with E-state index in [9.17, 15) is 18.7 Å². The maximum absolute atomic E-state index is 13.7. The third-order valence-electron chi connectivity index (χ3n) is 6.11. The molecule has 0 bridgehead atoms. The average Bonchev–Trinajstić information content (AvgIpc) is 3.49. The van der Waals surface area contributed by atoms with E-state index in [1.54, 1.807) is 29.1 Å². The van der Waals surface area contributed by atoms with Gasteiger partial charge in [0.05, 0.1) is 17.3 Å². The van der Waals surface area contributed by atoms with Gasteiger partial charge in [-0.05, 0) is 52.9 Å². The highest BCUT2D eigenvalue weighted by molar-refractivity contribution is 5.98. The second-order valence-corrected chi connectivity index (χ2v) is 9.05. The van der Waals surface area contributed by atoms with Crippen LogP contribution in [0.5, 0.6) is 5.75 Å². The van der Waals surface area contributed by atoms with Gasteiger partial charge in [0.2, 0.25) is 5.89 Å². The van der Waals surface area contributed by atoms with Gasteiger partial charge in [-0.1, -0.05) is 19.9 Å². The molecular formula is C28H24F2N4O3. The number of rotatable bonds is 6. The molecule has 0 saturated carbocycles. The Labute approximate surface area is 211 Å². The quantitative estimate of drug-likeness (QED) is 0.291. The molecule has 0 saturated heterocycles. The minimum Gasteiger partial charge on any atom is -0.507 e. The third kappa shape index (κ3) is 4.80. The zero-order valence-electron chi connectivity index (χ0n) is 20.2. The number of amides is 1. The summed E-state index contributed by atoms with van der Waals surface area (Å²) in [5, 5.41) is 14.3. The van der Waals surface area contributed by atoms with Gasteiger partial charge in [-0.25, -0.2) is 18.6 Å². The van der Waals surface area contributed by atoms with Crippen LogP contribution in [0.3, 0.4) is 0 Å². The number of phenols is 1. The molecule has 3 aromatic heterocycles. The van der Waals surface area contributed by atoms with Crippen LogP contribution in [-0.2, 0) is 13.0 Å². The molecule has 3 heterocycles. The Balaban J connectivity index is 1.66. The minimum atomic E-state index is -0.719. The maximum Gasteiger partial charge on any atom is 0.326 e. The fraction of sp³-hybridized carbons (Fsp3) is 0.179. The summed E-state index contributed by atoms with van der Waals surface area (Å²) in [7, 11) is 0. The van der Waals surface area contributed by atoms with E-state index >= 15 is 0 Å². The zero-order chi connectivity index (χ0) is 26.1. The molecule has 7 nitrogen and oxygen atoms in total. The van der Waals surface area contributed by atoms with Crippen molar-refractivity contribution in [3.8, 4) is 17.2 Å². The molecule has 0 aliphatic rings. The topological polar surface area (TPSA) is 93.2 Å². The molecule has 1 amide bonds. The highest BCUT2D eigenvalue weighted by atomic mass is 19.1. The molecule has 9 heteroatoms. The SMILES string of the molecule is CC(C)c1c(Cc2cccnc2)c2cc(O)c(-c3ncco3)cc2n1C(=O)NCc1cc(F)cc(F)c1. The lowest BCUT2D eigenvalue weighted by molar-refractivity contribution is 0.242. The second-order valence-electron chi connectivity index (χ2n) is 9.05. The van der Waals surface area contributed by atoms with Crippen molar-refractivity contribution in [2.45, 2.75) is 32.7 Å². The molecule has 188 valence electrons. The number of aromatic hydroxyl groups is 1. The lowest BCUT2D eigenvalue weighted by atomic mass is 9.97. The van der Waals surface area contributed by atoms with Crippen LogP contribution in [0.25, 0.3) is 22.4 Å². The molecule has 0 aliphatic carbocycles. The summed E-state index contributed by atoms with van der Waals surface area (Å²) in [6.45, 7) is 3.87. The lowest BCUT2D eigenvalue weighted by Gasteiger charge is -2.15. The summed E-state index contributed by atoms with van der Waals surface area (Å²) >= 11 is 0. The predicted molar refractivity (Wildman–Crippen MR) is 134 cm³/mol. The van der Waals surface area contributed by atoms with Crippen LogP contribution in [0.4, 0.5) is 13.6 Å². The van der Waals surface area contributed by atoms with E-state index in [1.165, 1.54) is 24.6 Å². The number of benzene rings is 2. The van der Waals surface area contributed by atoms with Gasteiger partial charge in [0.25, 0.3) is 0 Å². The van der Waals surface area contributed by atoms with Crippen molar-refractivity contribution in [1.29, 1.82) is 0 Å². The minimum absolute atomic E-state index is 0.0366. The number of carbonyl (C=O) groups is 1. The van der Waals surface area contributed by atoms with Crippen molar-refractivity contribution in [2.24, 2.45) is 0 Å². The summed E-state index contributed by atoms with van der Waals surface area (Å²) < 4.78 is 34.3. The lowest BCUT2D eigenvalue weighted by Crippen LogP contribution is -2.29. The average molecular weight is 503 g/mol. The number of oxazole rings is 1. The van der Waals surface area contributed by atoms with E-state index in [2.05, 4.69) is 15.3 Å². The van der Waals surface area contributed by atoms with Gasteiger partial charge in [-0.15, -0.1) is 0 Å². The zero-order valence-corrected chi connectivity index (χ0v) is 20.2. The van der Waals surface area contributed by atoms with Crippen LogP contribution in [0.15, 0.2) is 71.7 Å². The van der Waals surface area contributed by atoms with Crippen molar-refractivity contribution in [3.63, 3.8) is 0 Å². The molecule has 5 aromatic rings. The van der Waals surface area contributed by atoms with E-state index in [0.29, 0.717) is 28.5 Å². The van der Waals surface area contributed by atoms with Crippen LogP contribution in [0.1, 0.15) is 42.1 Å². The Morgan fingerprint density at radius 1 is 1.11 bits per heavy atom. The first kappa shape index (κ1) is 24.2. The van der Waals surface area contributed by atoms with Gasteiger partial charge in [-0.3, -0.25) is 9.55 Å². The van der Waals surface area contributed by atoms with Crippen molar-refractivity contribution in [3.05, 3.63) is 101 Å². The normalized spacial score (nSPS) is 11.4. The van der Waals surface area contributed by atoms with E-state index in [1.807, 2.05) is 26.0 Å². The molecule has 0 spiro atoms. The van der Waals surface area contributed by atoms with Gasteiger partial charge in [0.15, 0.2) is 0 Å². The third-order valence-corrected chi connectivity index (χ3v) is 6.11. The monoisotopic (exact) mass is 502 g/mol. The molecule has 0 unspecified atom stereocenters. The van der Waals surface area contributed by atoms with Crippen LogP contribution >= 0.6 is 0 Å². The van der Waals surface area contributed by atoms with Crippen LogP contribution in [0, 0.1) is 11.6 Å². The van der Waals surface area contributed by atoms with Crippen molar-refractivity contribution >= 4 is 16.9 Å². The van der Waals surface area contributed by atoms with Gasteiger partial charge >= 0.3 is 6.03 Å². The highest BCUT2D eigenvalue weighted by Crippen LogP contribution is 2.39. The summed E-state index contributed by atoms with van der Waals surface area (Å²) in [5.41, 5.74) is 3.71. The molecule has 0 radical (unpaired) electrons. The summed E-state index contributed by atoms with van der Waals surface area (Å²) in [6, 6.07) is 9.71. The van der Waals surface area contributed by atoms with Crippen LogP contribution in [0.2, 0.25) is 0 Å². The van der Waals surface area contributed by atoms with Gasteiger partial charge < -0.3 is 14.8 Å². The van der Waals surface area contributed by atoms with E-state index in [0.717, 1.165) is 22.9 Å². The highest BCUT2D eigenvalue weighted by Gasteiger charge is 2.26. The largest absolute Gasteiger partial charge is 0.507 e. The second kappa shape index (κ2) is 9.85. The molecule has 0 atom stereocenters. The molecular weight excluding hydrogens is 478 g/mol. The molecule has 5 rings (SSSR count). The summed E-state index contributed by atoms with van der Waals surface area (Å²) in [5.74, 6) is -1.34. The van der Waals surface area contributed by atoms with E-state index < -0.39 is 17.7 Å². The van der Waals surface area contributed by atoms with Crippen molar-refractivity contribution < 1.29 is 23.1 Å². The molecule has 2 N–H and O–H groups in total. The number of nitrogens with zero attached hydrogens (tertiary/aromatic N) is 3. The molecule has 37 heavy (non-hydrogen) atoms. The summed E-state index contributed by atoms with van der Waals surface area (Å²) in [4.78, 5) is 22.0. The first-order valence-electron chi connectivity index (χ1n) is 11.7. The Morgan fingerprint density at radius 2 is 1.89 bits per heavy atom. The fourth-order valence-electron chi connectivity index (χ4n) is 4.62. The molecule has 2 aromatic carbocycles. The Bertz CT molecular complexity index is 1560. The number of fused-ring (bicyclic) bond motifs is 1. The van der Waals surface area contributed by atoms with Crippen LogP contribution in [-0.4, -0.2) is 25.7 Å². The number of hydrogen-bond acceptors (Lipinski definition) is 5. The molecule has 0 aliphatic heterocycles. The van der Waals surface area contributed by atoms with Crippen molar-refractivity contribution in [1.82, 2.24) is 19.9 Å². The number of nitrogens with one attached hydrogen (secondary N) is 1. The molecule has 0 fully saturated rings. The van der Waals surface area contributed by atoms with E-state index in [4.69, 9.17) is 4.42 Å². The maximum atomic E-state index is 13.7. The number of aromatic nitrogens is 3. The fourth-order valence-corrected chi connectivity index (χ4v) is 4.62. The number of phenolic OH excluding ortho intramolecular Hbond substituents is 1. The Kier molecular flexibility index (Phi) is 6.43. The first-order valence-corrected chi connectivity index (χ1v) is 11.7. The van der Waals surface area contributed by atoms with Crippen LogP contribution < -0.4 is 5.32 Å². The first-order chi connectivity index (χ1) is 17.8. The number of hydrogen-bond donors (Lipinski definition) is 2. The van der Waals surface area contributed by atoms with Gasteiger partial charge in [-0.2, -0.15) is 0 Å². The van der Waals surface area contributed by atoms with Gasteiger partial charge in [0, 0.05) is 42.5 Å². The number of halogens is 2. The standard InChI is InChI=1S/C28H24F2N4O3/c1-16(2)26-22(10-17-4-3-5-31-14-17)21-13-25(35)23(27-32-6-7-37-27)12-24(21)34(26)28(36)33-15-18-8-19(29)11-20(30)9-18/h3-9,11-14,16,35H,10,15H2,1-2H3,(H,33,36). The Hall–Kier alpha value is -4.53. The summed E-state index contributed by atoms with van der Waals surface area (Å²) in [6.07, 6.45) is 6.79. The smallest absolute Gasteiger partial charge is 0.326 e. The van der Waals surface area contributed by atoms with Crippen molar-refractivity contribution in [2.75, 3.05) is 0 Å². The Morgan fingerprint density at radius 3 is 2.54 bits per heavy atom. The predicted octanol–water partition coefficient (Wildman–Crippen LogP) is 6.15. The number of pyridine rings is 1. The van der Waals surface area contributed by atoms with Gasteiger partial charge in [0.1, 0.15) is 23.6 Å².